The van der Waals surface area contributed by atoms with Gasteiger partial charge < -0.3 is 10.5 Å². The molecule has 1 saturated carbocycles. The number of nitrogens with zero attached hydrogens (tertiary/aromatic N) is 1. The lowest BCUT2D eigenvalue weighted by Gasteiger charge is -2.27. The molecule has 3 nitrogen and oxygen atoms in total. The van der Waals surface area contributed by atoms with Crippen LogP contribution in [0.4, 0.5) is 0 Å². The Morgan fingerprint density at radius 1 is 1.20 bits per heavy atom. The Labute approximate surface area is 120 Å². The quantitative estimate of drug-likeness (QED) is 0.929. The van der Waals surface area contributed by atoms with Crippen LogP contribution in [0.1, 0.15) is 38.2 Å². The van der Waals surface area contributed by atoms with Crippen molar-refractivity contribution in [2.45, 2.75) is 51.2 Å². The molecule has 0 spiro atoms. The molecular weight excluding hydrogens is 248 g/mol. The second kappa shape index (κ2) is 5.80. The molecule has 0 aliphatic heterocycles. The molecule has 1 fully saturated rings. The van der Waals surface area contributed by atoms with Crippen LogP contribution in [-0.2, 0) is 6.42 Å². The summed E-state index contributed by atoms with van der Waals surface area (Å²) in [6.45, 7) is 2.16. The van der Waals surface area contributed by atoms with E-state index < -0.39 is 0 Å². The summed E-state index contributed by atoms with van der Waals surface area (Å²) in [6, 6.07) is 6.59. The minimum absolute atomic E-state index is 0.304. The van der Waals surface area contributed by atoms with Crippen molar-refractivity contribution in [3.8, 4) is 5.75 Å². The zero-order valence-electron chi connectivity index (χ0n) is 12.0. The van der Waals surface area contributed by atoms with E-state index in [1.165, 1.54) is 10.9 Å². The normalized spacial score (nSPS) is 22.9. The van der Waals surface area contributed by atoms with Gasteiger partial charge in [0, 0.05) is 29.2 Å². The van der Waals surface area contributed by atoms with Crippen LogP contribution in [0.15, 0.2) is 30.6 Å². The molecule has 2 aromatic rings. The molecule has 0 unspecified atom stereocenters. The minimum atomic E-state index is 0.304. The van der Waals surface area contributed by atoms with Crippen LogP contribution < -0.4 is 10.5 Å². The van der Waals surface area contributed by atoms with Crippen molar-refractivity contribution < 1.29 is 4.74 Å². The summed E-state index contributed by atoms with van der Waals surface area (Å²) in [5, 5.41) is 2.38. The number of aromatic nitrogens is 1. The highest BCUT2D eigenvalue weighted by atomic mass is 16.5. The van der Waals surface area contributed by atoms with Gasteiger partial charge in [0.05, 0.1) is 6.10 Å². The summed E-state index contributed by atoms with van der Waals surface area (Å²) in [5.74, 6) is 1.00. The number of pyridine rings is 1. The molecule has 1 aromatic carbocycles. The van der Waals surface area contributed by atoms with Crippen LogP contribution in [-0.4, -0.2) is 17.1 Å². The minimum Gasteiger partial charge on any atom is -0.490 e. The van der Waals surface area contributed by atoms with Crippen molar-refractivity contribution in [1.29, 1.82) is 0 Å². The maximum absolute atomic E-state index is 6.28. The molecule has 1 aromatic heterocycles. The van der Waals surface area contributed by atoms with Crippen molar-refractivity contribution in [2.75, 3.05) is 0 Å². The highest BCUT2D eigenvalue weighted by Gasteiger charge is 2.20. The fourth-order valence-corrected chi connectivity index (χ4v) is 3.02. The van der Waals surface area contributed by atoms with E-state index in [0.29, 0.717) is 12.1 Å². The van der Waals surface area contributed by atoms with Crippen LogP contribution in [0.5, 0.6) is 5.75 Å². The van der Waals surface area contributed by atoms with Crippen LogP contribution >= 0.6 is 0 Å². The van der Waals surface area contributed by atoms with E-state index >= 15 is 0 Å². The molecule has 0 saturated heterocycles. The van der Waals surface area contributed by atoms with Crippen molar-refractivity contribution in [2.24, 2.45) is 5.73 Å². The van der Waals surface area contributed by atoms with Crippen molar-refractivity contribution >= 4 is 10.8 Å². The van der Waals surface area contributed by atoms with E-state index in [-0.39, 0.29) is 0 Å². The van der Waals surface area contributed by atoms with E-state index in [4.69, 9.17) is 10.5 Å². The maximum atomic E-state index is 6.28. The number of fused-ring (bicyclic) bond motifs is 1. The summed E-state index contributed by atoms with van der Waals surface area (Å²) >= 11 is 0. The molecule has 1 aliphatic rings. The first-order valence-electron chi connectivity index (χ1n) is 7.55. The molecule has 3 heteroatoms. The van der Waals surface area contributed by atoms with Crippen LogP contribution in [0.3, 0.4) is 0 Å². The number of aryl methyl sites for hydroxylation is 1. The summed E-state index contributed by atoms with van der Waals surface area (Å²) < 4.78 is 6.28. The summed E-state index contributed by atoms with van der Waals surface area (Å²) in [7, 11) is 0. The van der Waals surface area contributed by atoms with Crippen molar-refractivity contribution in [3.63, 3.8) is 0 Å². The molecular formula is C17H22N2O. The summed E-state index contributed by atoms with van der Waals surface area (Å²) in [4.78, 5) is 4.31. The Bertz CT molecular complexity index is 583. The SMILES string of the molecule is CCc1cncc2cccc(OC3CCC(N)CC3)c12. The molecule has 0 bridgehead atoms. The van der Waals surface area contributed by atoms with Gasteiger partial charge in [-0.15, -0.1) is 0 Å². The van der Waals surface area contributed by atoms with E-state index in [0.717, 1.165) is 43.2 Å². The molecule has 2 N–H and O–H groups in total. The first kappa shape index (κ1) is 13.4. The second-order valence-corrected chi connectivity index (χ2v) is 5.66. The van der Waals surface area contributed by atoms with Gasteiger partial charge in [0.25, 0.3) is 0 Å². The molecule has 1 heterocycles. The lowest BCUT2D eigenvalue weighted by Crippen LogP contribution is -2.31. The number of ether oxygens (including phenoxy) is 1. The van der Waals surface area contributed by atoms with Crippen molar-refractivity contribution in [3.05, 3.63) is 36.2 Å². The van der Waals surface area contributed by atoms with Crippen molar-refractivity contribution in [1.82, 2.24) is 4.98 Å². The number of hydrogen-bond donors (Lipinski definition) is 1. The largest absolute Gasteiger partial charge is 0.490 e. The molecule has 0 amide bonds. The molecule has 0 atom stereocenters. The first-order valence-corrected chi connectivity index (χ1v) is 7.55. The predicted octanol–water partition coefficient (Wildman–Crippen LogP) is 3.45. The summed E-state index contributed by atoms with van der Waals surface area (Å²) in [5.41, 5.74) is 7.22. The third-order valence-corrected chi connectivity index (χ3v) is 4.22. The maximum Gasteiger partial charge on any atom is 0.127 e. The van der Waals surface area contributed by atoms with E-state index in [1.807, 2.05) is 18.5 Å². The molecule has 106 valence electrons. The molecule has 1 aliphatic carbocycles. The van der Waals surface area contributed by atoms with Crippen LogP contribution in [0.2, 0.25) is 0 Å². The van der Waals surface area contributed by atoms with Gasteiger partial charge in [-0.1, -0.05) is 19.1 Å². The van der Waals surface area contributed by atoms with E-state index in [2.05, 4.69) is 24.0 Å². The van der Waals surface area contributed by atoms with Crippen LogP contribution in [0, 0.1) is 0 Å². The van der Waals surface area contributed by atoms with Gasteiger partial charge in [-0.2, -0.15) is 0 Å². The third-order valence-electron chi connectivity index (χ3n) is 4.22. The zero-order chi connectivity index (χ0) is 13.9. The standard InChI is InChI=1S/C17H22N2O/c1-2-12-10-19-11-13-4-3-5-16(17(12)13)20-15-8-6-14(18)7-9-15/h3-5,10-11,14-15H,2,6-9,18H2,1H3. The van der Waals surface area contributed by atoms with Crippen LogP contribution in [0.25, 0.3) is 10.8 Å². The van der Waals surface area contributed by atoms with Gasteiger partial charge in [-0.05, 0) is 43.7 Å². The Kier molecular flexibility index (Phi) is 3.88. The lowest BCUT2D eigenvalue weighted by molar-refractivity contribution is 0.149. The molecule has 20 heavy (non-hydrogen) atoms. The lowest BCUT2D eigenvalue weighted by atomic mass is 9.93. The summed E-state index contributed by atoms with van der Waals surface area (Å²) in [6.07, 6.45) is 9.40. The van der Waals surface area contributed by atoms with Gasteiger partial charge in [-0.3, -0.25) is 4.98 Å². The number of rotatable bonds is 3. The number of hydrogen-bond acceptors (Lipinski definition) is 3. The second-order valence-electron chi connectivity index (χ2n) is 5.66. The number of nitrogens with two attached hydrogens (primary N) is 1. The third kappa shape index (κ3) is 2.63. The topological polar surface area (TPSA) is 48.1 Å². The highest BCUT2D eigenvalue weighted by molar-refractivity contribution is 5.90. The Morgan fingerprint density at radius 2 is 2.00 bits per heavy atom. The van der Waals surface area contributed by atoms with Gasteiger partial charge in [0.15, 0.2) is 0 Å². The van der Waals surface area contributed by atoms with E-state index in [1.54, 1.807) is 0 Å². The predicted molar refractivity (Wildman–Crippen MR) is 82.0 cm³/mol. The van der Waals surface area contributed by atoms with Gasteiger partial charge >= 0.3 is 0 Å². The smallest absolute Gasteiger partial charge is 0.127 e. The van der Waals surface area contributed by atoms with Gasteiger partial charge in [0.2, 0.25) is 0 Å². The number of benzene rings is 1. The average molecular weight is 270 g/mol. The molecule has 0 radical (unpaired) electrons. The highest BCUT2D eigenvalue weighted by Crippen LogP contribution is 2.31. The molecule has 3 rings (SSSR count). The Balaban J connectivity index is 1.91. The Morgan fingerprint density at radius 3 is 2.75 bits per heavy atom. The first-order chi connectivity index (χ1) is 9.78. The fourth-order valence-electron chi connectivity index (χ4n) is 3.02. The van der Waals surface area contributed by atoms with E-state index in [9.17, 15) is 0 Å². The van der Waals surface area contributed by atoms with Gasteiger partial charge in [-0.25, -0.2) is 0 Å². The zero-order valence-corrected chi connectivity index (χ0v) is 12.0. The van der Waals surface area contributed by atoms with Gasteiger partial charge in [0.1, 0.15) is 5.75 Å². The Hall–Kier alpha value is -1.61. The fraction of sp³-hybridized carbons (Fsp3) is 0.471. The monoisotopic (exact) mass is 270 g/mol. The average Bonchev–Trinajstić information content (AvgIpc) is 2.49.